The number of hydrogen-bond donors (Lipinski definition) is 5. The molecule has 24 nitrogen and oxygen atoms in total. The number of hydrogen-bond acceptors (Lipinski definition) is 22. The van der Waals surface area contributed by atoms with Gasteiger partial charge in [0.2, 0.25) is 11.3 Å². The number of carbonyl (C=O) groups excluding carboxylic acids is 5. The predicted octanol–water partition coefficient (Wildman–Crippen LogP) is 5.10. The Morgan fingerprint density at radius 3 is 2.19 bits per heavy atom. The van der Waals surface area contributed by atoms with E-state index in [1.54, 1.807) is 33.8 Å². The zero-order valence-electron chi connectivity index (χ0n) is 50.5. The number of ether oxygens (including phenoxy) is 11. The lowest BCUT2D eigenvalue weighted by Gasteiger charge is -2.56. The zero-order chi connectivity index (χ0) is 61.9. The number of aldehydes is 1. The highest BCUT2D eigenvalue weighted by Crippen LogP contribution is 2.61. The average molecular weight is 1200 g/mol. The highest BCUT2D eigenvalue weighted by Gasteiger charge is 2.65. The average Bonchev–Trinajstić information content (AvgIpc) is 2.03. The lowest BCUT2D eigenvalue weighted by Crippen LogP contribution is -2.65. The summed E-state index contributed by atoms with van der Waals surface area (Å²) in [5, 5.41) is 61.3. The maximum atomic E-state index is 15.5. The van der Waals surface area contributed by atoms with Crippen LogP contribution in [0.4, 0.5) is 4.79 Å². The van der Waals surface area contributed by atoms with Crippen molar-refractivity contribution in [1.29, 1.82) is 0 Å². The standard InChI is InChI=1S/C61H86N2O22/c1-27-13-16-43(82-48-24-59(10,63(73)74)54(34(8)79-48)62-58(72)75-12)28(2)18-40-41(66)19-36(25-64)23-61(40)56(70)49(57(71)85-61)55(69)60(11)39(27)15-14-38-50(60)29(3)17-30(4)52(38)84-47-22-45(53(33(7)78-47)80-35(9)65)81-37-20-44(31(5)76-26-37)83-46-21-42(67)51(68)32(6)77-46/h13-15,18-19,25,29-34,37-48,50-54,66-69H,16-17,20-24,26H2,1-12H3,(H,62,72)/t29-,30-,31?,32?,33-,34+,37?,38-,39-,40+,41-,42?,43-,44?,45+,46?,47-,48-,50+,51?,52?,53-,54-,59-,60+,61?/m0/s1. The van der Waals surface area contributed by atoms with Gasteiger partial charge >= 0.3 is 18.0 Å². The molecule has 472 valence electrons. The van der Waals surface area contributed by atoms with Crippen LogP contribution in [0.2, 0.25) is 0 Å². The van der Waals surface area contributed by atoms with Crippen molar-refractivity contribution in [3.05, 3.63) is 68.5 Å². The number of nitro groups is 1. The highest BCUT2D eigenvalue weighted by atomic mass is 16.7. The Kier molecular flexibility index (Phi) is 19.2. The number of amides is 1. The molecular weight excluding hydrogens is 1110 g/mol. The highest BCUT2D eigenvalue weighted by molar-refractivity contribution is 6.26. The van der Waals surface area contributed by atoms with Gasteiger partial charge in [-0.3, -0.25) is 24.5 Å². The van der Waals surface area contributed by atoms with Crippen LogP contribution in [0.3, 0.4) is 0 Å². The van der Waals surface area contributed by atoms with Gasteiger partial charge in [0.15, 0.2) is 30.6 Å². The Morgan fingerprint density at radius 1 is 0.824 bits per heavy atom. The van der Waals surface area contributed by atoms with Gasteiger partial charge < -0.3 is 77.8 Å². The molecule has 5 heterocycles. The number of rotatable bonds is 12. The number of methoxy groups -OCH3 is 1. The number of carbonyl (C=O) groups is 5. The van der Waals surface area contributed by atoms with Crippen molar-refractivity contribution in [2.24, 2.45) is 40.9 Å². The third-order valence-corrected chi connectivity index (χ3v) is 19.9. The van der Waals surface area contributed by atoms with Gasteiger partial charge in [0.25, 0.3) is 0 Å². The van der Waals surface area contributed by atoms with Crippen LogP contribution in [0.15, 0.2) is 58.4 Å². The van der Waals surface area contributed by atoms with E-state index in [-0.39, 0.29) is 55.8 Å². The van der Waals surface area contributed by atoms with Crippen LogP contribution < -0.4 is 5.32 Å². The molecule has 85 heavy (non-hydrogen) atoms. The van der Waals surface area contributed by atoms with Crippen molar-refractivity contribution >= 4 is 30.1 Å². The van der Waals surface area contributed by atoms with Gasteiger partial charge in [-0.15, -0.1) is 0 Å². The first-order chi connectivity index (χ1) is 40.0. The summed E-state index contributed by atoms with van der Waals surface area (Å²) in [6.45, 7) is 19.3. The maximum Gasteiger partial charge on any atom is 0.407 e. The molecule has 1 amide bonds. The fraction of sp³-hybridized carbons (Fsp3) is 0.754. The Hall–Kier alpha value is -4.99. The van der Waals surface area contributed by atoms with Crippen molar-refractivity contribution < 1.29 is 101 Å². The second-order valence-electron chi connectivity index (χ2n) is 25.7. The minimum Gasteiger partial charge on any atom is -0.511 e. The van der Waals surface area contributed by atoms with Crippen molar-refractivity contribution in [1.82, 2.24) is 5.32 Å². The summed E-state index contributed by atoms with van der Waals surface area (Å²) in [4.78, 5) is 80.2. The second kappa shape index (κ2) is 25.2. The third kappa shape index (κ3) is 12.3. The second-order valence-corrected chi connectivity index (χ2v) is 25.7. The normalized spacial score (nSPS) is 45.8. The Labute approximate surface area is 495 Å². The van der Waals surface area contributed by atoms with E-state index in [0.717, 1.165) is 7.11 Å². The lowest BCUT2D eigenvalue weighted by atomic mass is 9.49. The van der Waals surface area contributed by atoms with Crippen LogP contribution in [0.25, 0.3) is 0 Å². The SMILES string of the molecule is COC(=O)N[C@H]1[C@@H](C)O[C@@H](O[C@H]2CC=C(C)[C@@H]3C=C[C@@H]4C(O[C@H]5C[C@@H](OC6COC(C)C(OC7CC(O)C(O)C(C)O7)C6)[C@@H](OC(C)=O)[C@H](C)O5)[C@@H](C)C[C@H](C)[C@H]4[C@]3(C)C(O)=C3C(=O)OC4(CC(C=O)=C[C@H](O)[C@H]4C=C2C)C3=O)C[C@]1(C)[N+](=O)[O-]. The van der Waals surface area contributed by atoms with E-state index in [2.05, 4.69) is 25.2 Å². The summed E-state index contributed by atoms with van der Waals surface area (Å²) in [5.41, 5.74) is -4.89. The molecule has 5 saturated heterocycles. The fourth-order valence-electron chi connectivity index (χ4n) is 15.5. The quantitative estimate of drug-likeness (QED) is 0.0323. The first-order valence-electron chi connectivity index (χ1n) is 29.9. The molecule has 9 rings (SSSR count). The molecule has 9 aliphatic rings. The molecule has 1 saturated carbocycles. The van der Waals surface area contributed by atoms with Crippen molar-refractivity contribution in [3.63, 3.8) is 0 Å². The van der Waals surface area contributed by atoms with Gasteiger partial charge in [-0.2, -0.15) is 0 Å². The number of nitrogens with zero attached hydrogens (tertiary/aromatic N) is 1. The Balaban J connectivity index is 1.05. The zero-order valence-corrected chi connectivity index (χ0v) is 50.5. The van der Waals surface area contributed by atoms with E-state index in [9.17, 15) is 49.7 Å². The summed E-state index contributed by atoms with van der Waals surface area (Å²) in [6, 6.07) is -1.12. The molecular formula is C61H86N2O22. The topological polar surface area (TPSA) is 323 Å². The van der Waals surface area contributed by atoms with Gasteiger partial charge in [0.1, 0.15) is 35.9 Å². The van der Waals surface area contributed by atoms with Crippen molar-refractivity contribution in [2.75, 3.05) is 13.7 Å². The van der Waals surface area contributed by atoms with E-state index < -0.39 is 185 Å². The Bertz CT molecular complexity index is 2720. The molecule has 5 N–H and O–H groups in total. The van der Waals surface area contributed by atoms with Crippen LogP contribution in [-0.4, -0.2) is 185 Å². The third-order valence-electron chi connectivity index (χ3n) is 19.9. The first-order valence-corrected chi connectivity index (χ1v) is 29.9. The number of esters is 2. The van der Waals surface area contributed by atoms with E-state index in [0.29, 0.717) is 30.3 Å². The van der Waals surface area contributed by atoms with E-state index in [1.807, 2.05) is 32.9 Å². The summed E-state index contributed by atoms with van der Waals surface area (Å²) in [5.74, 6) is -6.43. The molecule has 26 atom stereocenters. The van der Waals surface area contributed by atoms with Crippen LogP contribution in [0, 0.1) is 51.0 Å². The van der Waals surface area contributed by atoms with Gasteiger partial charge in [-0.1, -0.05) is 50.6 Å². The fourth-order valence-corrected chi connectivity index (χ4v) is 15.5. The smallest absolute Gasteiger partial charge is 0.407 e. The van der Waals surface area contributed by atoms with Crippen LogP contribution in [0.5, 0.6) is 0 Å². The number of fused-ring (bicyclic) bond motifs is 4. The number of Topliss-reactive ketones (excluding diaryl/α,β-unsaturated/α-hetero) is 1. The van der Waals surface area contributed by atoms with Crippen molar-refractivity contribution in [2.45, 2.75) is 237 Å². The number of nitrogens with one attached hydrogen (secondary N) is 1. The van der Waals surface area contributed by atoms with E-state index >= 15 is 4.79 Å². The van der Waals surface area contributed by atoms with Crippen LogP contribution >= 0.6 is 0 Å². The molecule has 2 bridgehead atoms. The maximum absolute atomic E-state index is 15.5. The van der Waals surface area contributed by atoms with Gasteiger partial charge in [-0.25, -0.2) is 9.59 Å². The molecule has 6 fully saturated rings. The summed E-state index contributed by atoms with van der Waals surface area (Å²) in [6.07, 6.45) is -4.62. The van der Waals surface area contributed by atoms with Gasteiger partial charge in [-0.05, 0) is 89.4 Å². The molecule has 4 aliphatic carbocycles. The van der Waals surface area contributed by atoms with Gasteiger partial charge in [0.05, 0.1) is 87.1 Å². The number of aliphatic hydroxyl groups is 4. The van der Waals surface area contributed by atoms with E-state index in [1.165, 1.54) is 19.9 Å². The lowest BCUT2D eigenvalue weighted by molar-refractivity contribution is -0.584. The van der Waals surface area contributed by atoms with Crippen molar-refractivity contribution in [3.8, 4) is 0 Å². The minimum absolute atomic E-state index is 0.00104. The summed E-state index contributed by atoms with van der Waals surface area (Å²) < 4.78 is 68.6. The number of alkyl carbamates (subject to hydrolysis) is 1. The van der Waals surface area contributed by atoms with E-state index in [4.69, 9.17) is 52.1 Å². The number of aliphatic hydroxyl groups excluding tert-OH is 4. The number of ketones is 1. The van der Waals surface area contributed by atoms with Gasteiger partial charge in [0, 0.05) is 61.7 Å². The molecule has 0 aromatic rings. The molecule has 0 radical (unpaired) electrons. The summed E-state index contributed by atoms with van der Waals surface area (Å²) in [7, 11) is 1.15. The minimum atomic E-state index is -2.20. The first kappa shape index (κ1) is 64.5. The predicted molar refractivity (Wildman–Crippen MR) is 297 cm³/mol. The molecule has 0 aromatic carbocycles. The molecule has 1 spiro atoms. The Morgan fingerprint density at radius 2 is 1.52 bits per heavy atom. The molecule has 5 aliphatic heterocycles. The largest absolute Gasteiger partial charge is 0.511 e. The molecule has 0 aromatic heterocycles. The monoisotopic (exact) mass is 1200 g/mol. The summed E-state index contributed by atoms with van der Waals surface area (Å²) >= 11 is 0. The number of allylic oxidation sites excluding steroid dienone is 3. The van der Waals surface area contributed by atoms with Crippen LogP contribution in [0.1, 0.15) is 121 Å². The van der Waals surface area contributed by atoms with Crippen LogP contribution in [-0.2, 0) is 71.3 Å². The molecule has 24 heteroatoms. The molecule has 9 unspecified atom stereocenters.